The van der Waals surface area contributed by atoms with Crippen LogP contribution in [0, 0.1) is 6.92 Å². The molecule has 0 fully saturated rings. The Morgan fingerprint density at radius 1 is 1.05 bits per heavy atom. The van der Waals surface area contributed by atoms with Gasteiger partial charge < -0.3 is 11.5 Å². The molecule has 0 aliphatic carbocycles. The quantitative estimate of drug-likeness (QED) is 0.627. The van der Waals surface area contributed by atoms with E-state index in [2.05, 4.69) is 9.98 Å². The van der Waals surface area contributed by atoms with Gasteiger partial charge >= 0.3 is 0 Å². The molecule has 6 nitrogen and oxygen atoms in total. The molecule has 0 aromatic heterocycles. The first-order valence-electron chi connectivity index (χ1n) is 5.77. The van der Waals surface area contributed by atoms with Crippen molar-refractivity contribution in [1.82, 2.24) is 0 Å². The number of nitrogens with zero attached hydrogens (tertiary/aromatic N) is 2. The predicted molar refractivity (Wildman–Crippen MR) is 76.2 cm³/mol. The smallest absolute Gasteiger partial charge is 0.240 e. The maximum atomic E-state index is 10.00. The lowest BCUT2D eigenvalue weighted by Gasteiger charge is -1.97. The lowest BCUT2D eigenvalue weighted by molar-refractivity contribution is 0.565. The van der Waals surface area contributed by atoms with Gasteiger partial charge in [0.1, 0.15) is 0 Å². The van der Waals surface area contributed by atoms with Crippen LogP contribution in [0.3, 0.4) is 0 Å². The van der Waals surface area contributed by atoms with Crippen molar-refractivity contribution in [3.63, 3.8) is 0 Å². The van der Waals surface area contributed by atoms with Crippen LogP contribution >= 0.6 is 0 Å². The van der Waals surface area contributed by atoms with E-state index in [4.69, 9.17) is 11.5 Å². The molecule has 0 bridgehead atoms. The number of isocyanates is 2. The number of hydrogen-bond donors (Lipinski definition) is 2. The third-order valence-electron chi connectivity index (χ3n) is 1.53. The molecule has 0 spiro atoms. The molecule has 1 aromatic rings. The summed E-state index contributed by atoms with van der Waals surface area (Å²) >= 11 is 0. The summed E-state index contributed by atoms with van der Waals surface area (Å²) in [6.45, 7) is 7.10. The van der Waals surface area contributed by atoms with E-state index in [1.54, 1.807) is 19.1 Å². The molecule has 104 valence electrons. The number of nitrogens with two attached hydrogens (primary N) is 2. The van der Waals surface area contributed by atoms with E-state index in [9.17, 15) is 9.59 Å². The molecule has 0 atom stereocenters. The van der Waals surface area contributed by atoms with Crippen LogP contribution in [-0.4, -0.2) is 25.2 Å². The summed E-state index contributed by atoms with van der Waals surface area (Å²) in [5, 5.41) is 0. The Hall–Kier alpha value is -2.10. The minimum absolute atomic E-state index is 0.426. The standard InChI is InChI=1S/C9H6N2O2.2C2H7N/c1-7-2-3-8(10-5-12)4-9(7)11-6-13;2*1-2-3/h2-4H,1H3;2*2-3H2,1H3. The molecule has 0 amide bonds. The Morgan fingerprint density at radius 3 is 1.95 bits per heavy atom. The van der Waals surface area contributed by atoms with Crippen LogP contribution in [0.1, 0.15) is 19.4 Å². The lowest BCUT2D eigenvalue weighted by Crippen LogP contribution is -1.87. The van der Waals surface area contributed by atoms with Crippen LogP contribution in [-0.2, 0) is 9.59 Å². The first kappa shape index (κ1) is 19.2. The molecule has 19 heavy (non-hydrogen) atoms. The monoisotopic (exact) mass is 264 g/mol. The van der Waals surface area contributed by atoms with Gasteiger partial charge in [-0.15, -0.1) is 0 Å². The van der Waals surface area contributed by atoms with Gasteiger partial charge in [0.2, 0.25) is 12.2 Å². The second kappa shape index (κ2) is 14.0. The number of hydrogen-bond acceptors (Lipinski definition) is 6. The van der Waals surface area contributed by atoms with Crippen molar-refractivity contribution >= 4 is 23.5 Å². The summed E-state index contributed by atoms with van der Waals surface area (Å²) in [4.78, 5) is 26.8. The highest BCUT2D eigenvalue weighted by molar-refractivity contribution is 5.61. The fraction of sp³-hybridized carbons (Fsp3) is 0.385. The summed E-state index contributed by atoms with van der Waals surface area (Å²) in [7, 11) is 0. The van der Waals surface area contributed by atoms with E-state index in [0.29, 0.717) is 11.4 Å². The average molecular weight is 264 g/mol. The summed E-state index contributed by atoms with van der Waals surface area (Å²) in [5.74, 6) is 0. The third-order valence-corrected chi connectivity index (χ3v) is 1.53. The maximum absolute atomic E-state index is 10.00. The van der Waals surface area contributed by atoms with Gasteiger partial charge in [0.15, 0.2) is 0 Å². The number of rotatable bonds is 2. The van der Waals surface area contributed by atoms with E-state index in [0.717, 1.165) is 18.7 Å². The molecule has 0 aliphatic heterocycles. The minimum Gasteiger partial charge on any atom is -0.331 e. The van der Waals surface area contributed by atoms with Gasteiger partial charge in [-0.2, -0.15) is 9.98 Å². The van der Waals surface area contributed by atoms with Crippen LogP contribution in [0.25, 0.3) is 0 Å². The second-order valence-corrected chi connectivity index (χ2v) is 3.19. The molecule has 0 aliphatic rings. The Bertz CT molecular complexity index is 446. The first-order chi connectivity index (χ1) is 9.10. The Kier molecular flexibility index (Phi) is 14.1. The molecule has 4 N–H and O–H groups in total. The molecule has 1 rings (SSSR count). The fourth-order valence-electron chi connectivity index (χ4n) is 0.890. The fourth-order valence-corrected chi connectivity index (χ4v) is 0.890. The highest BCUT2D eigenvalue weighted by atomic mass is 16.1. The molecule has 6 heteroatoms. The highest BCUT2D eigenvalue weighted by Gasteiger charge is 1.97. The maximum Gasteiger partial charge on any atom is 0.240 e. The van der Waals surface area contributed by atoms with Gasteiger partial charge in [-0.3, -0.25) is 0 Å². The first-order valence-corrected chi connectivity index (χ1v) is 5.77. The Morgan fingerprint density at radius 2 is 1.53 bits per heavy atom. The molecule has 0 unspecified atom stereocenters. The number of aliphatic imine (C=N–C) groups is 2. The van der Waals surface area contributed by atoms with Gasteiger partial charge in [-0.05, 0) is 37.7 Å². The van der Waals surface area contributed by atoms with Crippen LogP contribution < -0.4 is 11.5 Å². The van der Waals surface area contributed by atoms with Crippen molar-refractivity contribution in [3.8, 4) is 0 Å². The van der Waals surface area contributed by atoms with Gasteiger partial charge in [0, 0.05) is 0 Å². The zero-order chi connectivity index (χ0) is 15.1. The van der Waals surface area contributed by atoms with Crippen molar-refractivity contribution in [2.45, 2.75) is 20.8 Å². The number of benzene rings is 1. The molecule has 0 saturated carbocycles. The van der Waals surface area contributed by atoms with Crippen LogP contribution in [0.2, 0.25) is 0 Å². The Labute approximate surface area is 113 Å². The Balaban J connectivity index is 0. The van der Waals surface area contributed by atoms with Crippen molar-refractivity contribution in [2.24, 2.45) is 21.5 Å². The third kappa shape index (κ3) is 10.8. The second-order valence-electron chi connectivity index (χ2n) is 3.19. The highest BCUT2D eigenvalue weighted by Crippen LogP contribution is 2.23. The van der Waals surface area contributed by atoms with Crippen molar-refractivity contribution in [2.75, 3.05) is 13.1 Å². The zero-order valence-corrected chi connectivity index (χ0v) is 11.5. The van der Waals surface area contributed by atoms with Gasteiger partial charge in [0.25, 0.3) is 0 Å². The van der Waals surface area contributed by atoms with Crippen molar-refractivity contribution in [1.29, 1.82) is 0 Å². The molecule has 0 radical (unpaired) electrons. The van der Waals surface area contributed by atoms with Gasteiger partial charge in [-0.1, -0.05) is 19.9 Å². The molecular weight excluding hydrogens is 244 g/mol. The topological polar surface area (TPSA) is 111 Å². The summed E-state index contributed by atoms with van der Waals surface area (Å²) in [6, 6.07) is 4.88. The summed E-state index contributed by atoms with van der Waals surface area (Å²) in [5.41, 5.74) is 11.4. The van der Waals surface area contributed by atoms with E-state index >= 15 is 0 Å². The van der Waals surface area contributed by atoms with Gasteiger partial charge in [-0.25, -0.2) is 9.59 Å². The SMILES string of the molecule is CCN.CCN.Cc1ccc(N=C=O)cc1N=C=O. The normalized spacial score (nSPS) is 7.63. The molecule has 1 aromatic carbocycles. The summed E-state index contributed by atoms with van der Waals surface area (Å²) < 4.78 is 0. The van der Waals surface area contributed by atoms with E-state index in [1.807, 2.05) is 13.8 Å². The van der Waals surface area contributed by atoms with Crippen molar-refractivity contribution < 1.29 is 9.59 Å². The molecular formula is C13H20N4O2. The lowest BCUT2D eigenvalue weighted by atomic mass is 10.2. The van der Waals surface area contributed by atoms with Crippen LogP contribution in [0.4, 0.5) is 11.4 Å². The average Bonchev–Trinajstić information content (AvgIpc) is 2.36. The number of carbonyl (C=O) groups excluding carboxylic acids is 2. The van der Waals surface area contributed by atoms with Crippen LogP contribution in [0.15, 0.2) is 28.2 Å². The number of aryl methyl sites for hydroxylation is 1. The zero-order valence-electron chi connectivity index (χ0n) is 11.5. The van der Waals surface area contributed by atoms with E-state index in [1.165, 1.54) is 18.2 Å². The summed E-state index contributed by atoms with van der Waals surface area (Å²) in [6.07, 6.45) is 2.84. The largest absolute Gasteiger partial charge is 0.331 e. The van der Waals surface area contributed by atoms with E-state index in [-0.39, 0.29) is 0 Å². The van der Waals surface area contributed by atoms with Gasteiger partial charge in [0.05, 0.1) is 11.4 Å². The molecule has 0 saturated heterocycles. The van der Waals surface area contributed by atoms with Crippen molar-refractivity contribution in [3.05, 3.63) is 23.8 Å². The van der Waals surface area contributed by atoms with Crippen LogP contribution in [0.5, 0.6) is 0 Å². The minimum atomic E-state index is 0.426. The van der Waals surface area contributed by atoms with E-state index < -0.39 is 0 Å². The molecule has 0 heterocycles. The predicted octanol–water partition coefficient (Wildman–Crippen LogP) is 1.86.